The monoisotopic (exact) mass is 253 g/mol. The van der Waals surface area contributed by atoms with Crippen LogP contribution in [0.1, 0.15) is 22.3 Å². The van der Waals surface area contributed by atoms with Gasteiger partial charge in [0.1, 0.15) is 0 Å². The Kier molecular flexibility index (Phi) is 4.35. The fourth-order valence-corrected chi connectivity index (χ4v) is 1.96. The van der Waals surface area contributed by atoms with Crippen molar-refractivity contribution in [3.05, 3.63) is 70.8 Å². The lowest BCUT2D eigenvalue weighted by Gasteiger charge is -2.07. The zero-order valence-electron chi connectivity index (χ0n) is 11.4. The van der Waals surface area contributed by atoms with Crippen molar-refractivity contribution in [3.63, 3.8) is 0 Å². The normalized spacial score (nSPS) is 10.2. The van der Waals surface area contributed by atoms with Crippen molar-refractivity contribution in [1.29, 1.82) is 0 Å². The van der Waals surface area contributed by atoms with Gasteiger partial charge in [-0.25, -0.2) is 0 Å². The number of nitrogens with one attached hydrogen (secondary N) is 1. The summed E-state index contributed by atoms with van der Waals surface area (Å²) < 4.78 is 0. The summed E-state index contributed by atoms with van der Waals surface area (Å²) >= 11 is 0. The number of benzene rings is 2. The summed E-state index contributed by atoms with van der Waals surface area (Å²) in [5.41, 5.74) is 4.72. The summed E-state index contributed by atoms with van der Waals surface area (Å²) in [6, 6.07) is 16.1. The van der Waals surface area contributed by atoms with Crippen molar-refractivity contribution in [2.75, 3.05) is 0 Å². The zero-order chi connectivity index (χ0) is 13.7. The molecule has 0 aliphatic heterocycles. The fraction of sp³-hybridized carbons (Fsp3) is 0.235. The van der Waals surface area contributed by atoms with Crippen LogP contribution in [0.25, 0.3) is 0 Å². The van der Waals surface area contributed by atoms with Crippen LogP contribution in [-0.4, -0.2) is 5.91 Å². The zero-order valence-corrected chi connectivity index (χ0v) is 11.4. The molecule has 0 aliphatic carbocycles. The number of hydrogen-bond donors (Lipinski definition) is 1. The van der Waals surface area contributed by atoms with E-state index in [1.54, 1.807) is 0 Å². The highest BCUT2D eigenvalue weighted by Crippen LogP contribution is 2.09. The summed E-state index contributed by atoms with van der Waals surface area (Å²) in [5.74, 6) is 0.0597. The van der Waals surface area contributed by atoms with Crippen molar-refractivity contribution in [3.8, 4) is 0 Å². The van der Waals surface area contributed by atoms with Crippen LogP contribution in [0.5, 0.6) is 0 Å². The topological polar surface area (TPSA) is 29.1 Å². The largest absolute Gasteiger partial charge is 0.352 e. The standard InChI is InChI=1S/C17H19NO/c1-13-8-9-16(10-14(13)2)12-18-17(19)11-15-6-4-3-5-7-15/h3-10H,11-12H2,1-2H3,(H,18,19). The van der Waals surface area contributed by atoms with Gasteiger partial charge in [0.15, 0.2) is 0 Å². The second kappa shape index (κ2) is 6.19. The Hall–Kier alpha value is -2.09. The number of rotatable bonds is 4. The maximum Gasteiger partial charge on any atom is 0.224 e. The van der Waals surface area contributed by atoms with E-state index in [1.807, 2.05) is 30.3 Å². The Morgan fingerprint density at radius 2 is 1.68 bits per heavy atom. The summed E-state index contributed by atoms with van der Waals surface area (Å²) in [5, 5.41) is 2.96. The van der Waals surface area contributed by atoms with Gasteiger partial charge >= 0.3 is 0 Å². The molecule has 19 heavy (non-hydrogen) atoms. The van der Waals surface area contributed by atoms with E-state index >= 15 is 0 Å². The van der Waals surface area contributed by atoms with Gasteiger partial charge in [-0.1, -0.05) is 48.5 Å². The molecule has 2 aromatic rings. The number of carbonyl (C=O) groups excluding carboxylic acids is 1. The van der Waals surface area contributed by atoms with Gasteiger partial charge in [0.25, 0.3) is 0 Å². The third kappa shape index (κ3) is 3.95. The SMILES string of the molecule is Cc1ccc(CNC(=O)Cc2ccccc2)cc1C. The molecule has 1 amide bonds. The predicted octanol–water partition coefficient (Wildman–Crippen LogP) is 3.16. The van der Waals surface area contributed by atoms with E-state index in [1.165, 1.54) is 11.1 Å². The Labute approximate surface area is 114 Å². The van der Waals surface area contributed by atoms with Crippen LogP contribution in [-0.2, 0) is 17.8 Å². The molecule has 2 aromatic carbocycles. The van der Waals surface area contributed by atoms with E-state index in [4.69, 9.17) is 0 Å². The lowest BCUT2D eigenvalue weighted by atomic mass is 10.1. The molecule has 0 bridgehead atoms. The van der Waals surface area contributed by atoms with Crippen molar-refractivity contribution in [1.82, 2.24) is 5.32 Å². The lowest BCUT2D eigenvalue weighted by Crippen LogP contribution is -2.24. The Balaban J connectivity index is 1.88. The minimum Gasteiger partial charge on any atom is -0.352 e. The summed E-state index contributed by atoms with van der Waals surface area (Å²) in [6.45, 7) is 4.77. The molecule has 2 heteroatoms. The van der Waals surface area contributed by atoms with Gasteiger partial charge in [-0.2, -0.15) is 0 Å². The van der Waals surface area contributed by atoms with Crippen molar-refractivity contribution in [2.45, 2.75) is 26.8 Å². The maximum atomic E-state index is 11.8. The van der Waals surface area contributed by atoms with Crippen LogP contribution < -0.4 is 5.32 Å². The molecular weight excluding hydrogens is 234 g/mol. The first-order valence-corrected chi connectivity index (χ1v) is 6.52. The molecule has 0 fully saturated rings. The molecule has 0 saturated carbocycles. The number of amides is 1. The van der Waals surface area contributed by atoms with E-state index in [0.717, 1.165) is 11.1 Å². The molecule has 1 N–H and O–H groups in total. The van der Waals surface area contributed by atoms with Crippen LogP contribution in [0.15, 0.2) is 48.5 Å². The fourth-order valence-electron chi connectivity index (χ4n) is 1.96. The molecular formula is C17H19NO. The first-order chi connectivity index (χ1) is 9.15. The molecule has 98 valence electrons. The maximum absolute atomic E-state index is 11.8. The van der Waals surface area contributed by atoms with E-state index in [2.05, 4.69) is 37.4 Å². The third-order valence-electron chi connectivity index (χ3n) is 3.27. The molecule has 0 aromatic heterocycles. The third-order valence-corrected chi connectivity index (χ3v) is 3.27. The van der Waals surface area contributed by atoms with Crippen molar-refractivity contribution < 1.29 is 4.79 Å². The van der Waals surface area contributed by atoms with Gasteiger partial charge in [-0.3, -0.25) is 4.79 Å². The van der Waals surface area contributed by atoms with E-state index in [0.29, 0.717) is 13.0 Å². The lowest BCUT2D eigenvalue weighted by molar-refractivity contribution is -0.120. The molecule has 0 atom stereocenters. The smallest absolute Gasteiger partial charge is 0.224 e. The first-order valence-electron chi connectivity index (χ1n) is 6.52. The number of aryl methyl sites for hydroxylation is 2. The van der Waals surface area contributed by atoms with Crippen molar-refractivity contribution in [2.24, 2.45) is 0 Å². The highest BCUT2D eigenvalue weighted by molar-refractivity contribution is 5.78. The second-order valence-electron chi connectivity index (χ2n) is 4.86. The minimum atomic E-state index is 0.0597. The molecule has 0 unspecified atom stereocenters. The second-order valence-corrected chi connectivity index (χ2v) is 4.86. The van der Waals surface area contributed by atoms with Crippen LogP contribution in [0, 0.1) is 13.8 Å². The average Bonchev–Trinajstić information content (AvgIpc) is 2.41. The highest BCUT2D eigenvalue weighted by atomic mass is 16.1. The number of hydrogen-bond acceptors (Lipinski definition) is 1. The molecule has 0 spiro atoms. The first kappa shape index (κ1) is 13.3. The van der Waals surface area contributed by atoms with Crippen LogP contribution >= 0.6 is 0 Å². The van der Waals surface area contributed by atoms with E-state index in [-0.39, 0.29) is 5.91 Å². The Bertz CT molecular complexity index is 561. The van der Waals surface area contributed by atoms with Crippen molar-refractivity contribution >= 4 is 5.91 Å². The molecule has 0 radical (unpaired) electrons. The van der Waals surface area contributed by atoms with Crippen LogP contribution in [0.4, 0.5) is 0 Å². The van der Waals surface area contributed by atoms with Crippen LogP contribution in [0.3, 0.4) is 0 Å². The Morgan fingerprint density at radius 3 is 2.37 bits per heavy atom. The minimum absolute atomic E-state index is 0.0597. The van der Waals surface area contributed by atoms with Gasteiger partial charge in [-0.05, 0) is 36.1 Å². The van der Waals surface area contributed by atoms with E-state index in [9.17, 15) is 4.79 Å². The van der Waals surface area contributed by atoms with Gasteiger partial charge in [0.2, 0.25) is 5.91 Å². The summed E-state index contributed by atoms with van der Waals surface area (Å²) in [4.78, 5) is 11.8. The number of carbonyl (C=O) groups is 1. The van der Waals surface area contributed by atoms with Gasteiger partial charge < -0.3 is 5.32 Å². The Morgan fingerprint density at radius 1 is 0.947 bits per heavy atom. The molecule has 2 rings (SSSR count). The quantitative estimate of drug-likeness (QED) is 0.891. The molecule has 0 saturated heterocycles. The van der Waals surface area contributed by atoms with Crippen LogP contribution in [0.2, 0.25) is 0 Å². The molecule has 2 nitrogen and oxygen atoms in total. The average molecular weight is 253 g/mol. The molecule has 0 aliphatic rings. The van der Waals surface area contributed by atoms with Gasteiger partial charge in [0, 0.05) is 6.54 Å². The summed E-state index contributed by atoms with van der Waals surface area (Å²) in [6.07, 6.45) is 0.436. The summed E-state index contributed by atoms with van der Waals surface area (Å²) in [7, 11) is 0. The highest BCUT2D eigenvalue weighted by Gasteiger charge is 2.03. The predicted molar refractivity (Wildman–Crippen MR) is 77.9 cm³/mol. The van der Waals surface area contributed by atoms with Gasteiger partial charge in [-0.15, -0.1) is 0 Å². The van der Waals surface area contributed by atoms with E-state index < -0.39 is 0 Å². The molecule has 0 heterocycles. The van der Waals surface area contributed by atoms with Gasteiger partial charge in [0.05, 0.1) is 6.42 Å².